The second-order valence-corrected chi connectivity index (χ2v) is 9.33. The Morgan fingerprint density at radius 3 is 2.21 bits per heavy atom. The second-order valence-electron chi connectivity index (χ2n) is 8.39. The maximum absolute atomic E-state index is 4.55. The summed E-state index contributed by atoms with van der Waals surface area (Å²) in [4.78, 5) is 11.7. The van der Waals surface area contributed by atoms with Crippen LogP contribution in [-0.4, -0.2) is 65.4 Å². The molecule has 0 bridgehead atoms. The van der Waals surface area contributed by atoms with Crippen molar-refractivity contribution in [1.29, 1.82) is 0 Å². The summed E-state index contributed by atoms with van der Waals surface area (Å²) in [6.07, 6.45) is 11.7. The Bertz CT molecular complexity index is 751. The van der Waals surface area contributed by atoms with Gasteiger partial charge >= 0.3 is 0 Å². The molecular weight excluding hydrogens is 368 g/mol. The molecule has 0 aliphatic carbocycles. The maximum atomic E-state index is 4.55. The summed E-state index contributed by atoms with van der Waals surface area (Å²) in [6, 6.07) is 5.07. The molecule has 28 heavy (non-hydrogen) atoms. The van der Waals surface area contributed by atoms with E-state index in [4.69, 9.17) is 0 Å². The molecule has 0 spiro atoms. The number of likely N-dealkylation sites (tertiary alicyclic amines) is 1. The van der Waals surface area contributed by atoms with E-state index in [1.54, 1.807) is 11.3 Å². The van der Waals surface area contributed by atoms with E-state index in [-0.39, 0.29) is 0 Å². The van der Waals surface area contributed by atoms with Crippen molar-refractivity contribution in [2.24, 2.45) is 0 Å². The molecule has 150 valence electrons. The van der Waals surface area contributed by atoms with Crippen LogP contribution in [0.4, 0.5) is 10.3 Å². The largest absolute Gasteiger partial charge is 0.346 e. The number of nitrogens with zero attached hydrogens (tertiary/aromatic N) is 6. The standard InChI is InChI=1S/C21H30N6S/c1-2-11-25(12-3-1)19-7-14-26(15-8-19)20-23-24-21(28-20)27-13-6-18(16-27)17-4-9-22-10-5-17/h4-5,9-10,18-19H,1-3,6-8,11-16H2. The predicted octanol–water partition coefficient (Wildman–Crippen LogP) is 3.38. The van der Waals surface area contributed by atoms with Crippen LogP contribution in [0.5, 0.6) is 0 Å². The summed E-state index contributed by atoms with van der Waals surface area (Å²) in [6.45, 7) is 6.96. The molecule has 0 radical (unpaired) electrons. The van der Waals surface area contributed by atoms with Crippen LogP contribution >= 0.6 is 11.3 Å². The average molecular weight is 399 g/mol. The van der Waals surface area contributed by atoms with Gasteiger partial charge in [0.25, 0.3) is 0 Å². The summed E-state index contributed by atoms with van der Waals surface area (Å²) in [5, 5.41) is 11.3. The Kier molecular flexibility index (Phi) is 5.45. The van der Waals surface area contributed by atoms with Crippen molar-refractivity contribution in [1.82, 2.24) is 20.1 Å². The van der Waals surface area contributed by atoms with Crippen molar-refractivity contribution in [2.75, 3.05) is 49.1 Å². The van der Waals surface area contributed by atoms with Gasteiger partial charge < -0.3 is 14.7 Å². The lowest BCUT2D eigenvalue weighted by molar-refractivity contribution is 0.141. The van der Waals surface area contributed by atoms with Crippen molar-refractivity contribution in [3.05, 3.63) is 30.1 Å². The molecule has 3 aliphatic rings. The van der Waals surface area contributed by atoms with E-state index in [9.17, 15) is 0 Å². The van der Waals surface area contributed by atoms with Gasteiger partial charge in [-0.05, 0) is 62.9 Å². The molecular formula is C21H30N6S. The van der Waals surface area contributed by atoms with Gasteiger partial charge in [-0.15, -0.1) is 10.2 Å². The Labute approximate surface area is 171 Å². The minimum absolute atomic E-state index is 0.579. The van der Waals surface area contributed by atoms with E-state index < -0.39 is 0 Å². The van der Waals surface area contributed by atoms with Gasteiger partial charge in [0.05, 0.1) is 0 Å². The molecule has 3 aliphatic heterocycles. The number of aromatic nitrogens is 3. The third-order valence-corrected chi connectivity index (χ3v) is 7.73. The molecule has 2 aromatic rings. The van der Waals surface area contributed by atoms with E-state index in [2.05, 4.69) is 42.0 Å². The molecule has 5 rings (SSSR count). The van der Waals surface area contributed by atoms with Gasteiger partial charge in [0.15, 0.2) is 0 Å². The van der Waals surface area contributed by atoms with Crippen LogP contribution in [0.3, 0.4) is 0 Å². The molecule has 0 aromatic carbocycles. The van der Waals surface area contributed by atoms with Crippen LogP contribution in [0.15, 0.2) is 24.5 Å². The van der Waals surface area contributed by atoms with Crippen molar-refractivity contribution >= 4 is 21.6 Å². The third-order valence-electron chi connectivity index (χ3n) is 6.68. The summed E-state index contributed by atoms with van der Waals surface area (Å²) in [7, 11) is 0. The molecule has 1 atom stereocenters. The quantitative estimate of drug-likeness (QED) is 0.787. The topological polar surface area (TPSA) is 48.4 Å². The van der Waals surface area contributed by atoms with Crippen LogP contribution in [0.1, 0.15) is 50.0 Å². The monoisotopic (exact) mass is 398 g/mol. The van der Waals surface area contributed by atoms with Crippen LogP contribution in [0, 0.1) is 0 Å². The lowest BCUT2D eigenvalue weighted by Gasteiger charge is -2.40. The molecule has 1 unspecified atom stereocenters. The summed E-state index contributed by atoms with van der Waals surface area (Å²) < 4.78 is 0. The molecule has 0 amide bonds. The summed E-state index contributed by atoms with van der Waals surface area (Å²) >= 11 is 1.77. The van der Waals surface area contributed by atoms with Gasteiger partial charge in [0.2, 0.25) is 10.3 Å². The van der Waals surface area contributed by atoms with Gasteiger partial charge in [-0.2, -0.15) is 0 Å². The lowest BCUT2D eigenvalue weighted by atomic mass is 10.0. The van der Waals surface area contributed by atoms with Crippen LogP contribution < -0.4 is 9.80 Å². The van der Waals surface area contributed by atoms with Crippen LogP contribution in [0.25, 0.3) is 0 Å². The van der Waals surface area contributed by atoms with Crippen molar-refractivity contribution in [3.63, 3.8) is 0 Å². The van der Waals surface area contributed by atoms with E-state index >= 15 is 0 Å². The first-order valence-electron chi connectivity index (χ1n) is 10.8. The normalized spacial score (nSPS) is 24.8. The molecule has 0 saturated carbocycles. The van der Waals surface area contributed by atoms with Gasteiger partial charge in [-0.25, -0.2) is 0 Å². The highest BCUT2D eigenvalue weighted by Crippen LogP contribution is 2.35. The number of pyridine rings is 1. The van der Waals surface area contributed by atoms with E-state index in [1.807, 2.05) is 12.4 Å². The molecule has 3 fully saturated rings. The van der Waals surface area contributed by atoms with Gasteiger partial charge in [-0.1, -0.05) is 17.8 Å². The number of anilines is 2. The molecule has 7 heteroatoms. The molecule has 2 aromatic heterocycles. The number of rotatable bonds is 4. The number of piperidine rings is 2. The fourth-order valence-corrected chi connectivity index (χ4v) is 5.94. The zero-order chi connectivity index (χ0) is 18.8. The Morgan fingerprint density at radius 2 is 1.46 bits per heavy atom. The summed E-state index contributed by atoms with van der Waals surface area (Å²) in [5.41, 5.74) is 1.39. The minimum Gasteiger partial charge on any atom is -0.346 e. The fourth-order valence-electron chi connectivity index (χ4n) is 5.01. The van der Waals surface area contributed by atoms with Crippen molar-refractivity contribution in [2.45, 2.75) is 50.5 Å². The Morgan fingerprint density at radius 1 is 0.786 bits per heavy atom. The molecule has 5 heterocycles. The Hall–Kier alpha value is -1.73. The predicted molar refractivity (Wildman–Crippen MR) is 114 cm³/mol. The van der Waals surface area contributed by atoms with Gasteiger partial charge in [0.1, 0.15) is 0 Å². The molecule has 0 N–H and O–H groups in total. The SMILES string of the molecule is c1cc(C2CCN(c3nnc(N4CCC(N5CCCCC5)CC4)s3)C2)ccn1. The highest BCUT2D eigenvalue weighted by atomic mass is 32.1. The number of hydrogen-bond acceptors (Lipinski definition) is 7. The lowest BCUT2D eigenvalue weighted by Crippen LogP contribution is -2.46. The first-order chi connectivity index (χ1) is 13.9. The Balaban J connectivity index is 1.17. The first kappa shape index (κ1) is 18.3. The third kappa shape index (κ3) is 3.87. The second kappa shape index (κ2) is 8.33. The molecule has 3 saturated heterocycles. The van der Waals surface area contributed by atoms with Gasteiger partial charge in [0, 0.05) is 50.5 Å². The first-order valence-corrected chi connectivity index (χ1v) is 11.7. The average Bonchev–Trinajstić information content (AvgIpc) is 3.45. The fraction of sp³-hybridized carbons (Fsp3) is 0.667. The van der Waals surface area contributed by atoms with Gasteiger partial charge in [-0.3, -0.25) is 4.98 Å². The highest BCUT2D eigenvalue weighted by molar-refractivity contribution is 7.19. The minimum atomic E-state index is 0.579. The maximum Gasteiger partial charge on any atom is 0.210 e. The van der Waals surface area contributed by atoms with E-state index in [0.717, 1.165) is 42.5 Å². The van der Waals surface area contributed by atoms with Crippen LogP contribution in [0.2, 0.25) is 0 Å². The molecule has 6 nitrogen and oxygen atoms in total. The zero-order valence-corrected chi connectivity index (χ0v) is 17.4. The van der Waals surface area contributed by atoms with E-state index in [1.165, 1.54) is 57.2 Å². The highest BCUT2D eigenvalue weighted by Gasteiger charge is 2.29. The van der Waals surface area contributed by atoms with Crippen molar-refractivity contribution in [3.8, 4) is 0 Å². The van der Waals surface area contributed by atoms with Crippen molar-refractivity contribution < 1.29 is 0 Å². The summed E-state index contributed by atoms with van der Waals surface area (Å²) in [5.74, 6) is 0.579. The van der Waals surface area contributed by atoms with Crippen LogP contribution in [-0.2, 0) is 0 Å². The smallest absolute Gasteiger partial charge is 0.210 e. The zero-order valence-electron chi connectivity index (χ0n) is 16.5. The number of hydrogen-bond donors (Lipinski definition) is 0. The van der Waals surface area contributed by atoms with E-state index in [0.29, 0.717) is 5.92 Å².